The lowest BCUT2D eigenvalue weighted by Crippen LogP contribution is -2.89. The molecule has 0 amide bonds. The molecule has 0 atom stereocenters. The van der Waals surface area contributed by atoms with Crippen LogP contribution < -0.4 is 5.59 Å². The molecule has 0 unspecified atom stereocenters. The second-order valence-corrected chi connectivity index (χ2v) is 1.75. The van der Waals surface area contributed by atoms with Crippen molar-refractivity contribution in [2.24, 2.45) is 0 Å². The van der Waals surface area contributed by atoms with Crippen molar-refractivity contribution in [1.29, 1.82) is 0 Å². The van der Waals surface area contributed by atoms with E-state index in [2.05, 4.69) is 0 Å². The normalized spacial score (nSPS) is 23.6. The first-order valence-electron chi connectivity index (χ1n) is 2.70. The van der Waals surface area contributed by atoms with E-state index < -0.39 is 0 Å². The van der Waals surface area contributed by atoms with Gasteiger partial charge in [0.2, 0.25) is 0 Å². The Kier molecular flexibility index (Phi) is 2.23. The lowest BCUT2D eigenvalue weighted by molar-refractivity contribution is -0.755. The topological polar surface area (TPSA) is 52.1 Å². The van der Waals surface area contributed by atoms with Crippen molar-refractivity contribution < 1.29 is 10.3 Å². The molecular weight excluding hydrogens is 108 g/mol. The van der Waals surface area contributed by atoms with Gasteiger partial charge in [-0.25, -0.2) is 0 Å². The molecule has 0 aromatic carbocycles. The maximum atomic E-state index is 10.0. The molecule has 2 N–H and O–H groups in total. The smallest absolute Gasteiger partial charge is 0.0712 e. The van der Waals surface area contributed by atoms with Crippen LogP contribution in [-0.2, 0) is 4.74 Å². The molecule has 1 rings (SSSR count). The minimum Gasteiger partial charge on any atom is -0.614 e. The molecule has 48 valence electrons. The Morgan fingerprint density at radius 3 is 2.38 bits per heavy atom. The Hall–Kier alpha value is -0.160. The maximum Gasteiger partial charge on any atom is 0.0712 e. The highest BCUT2D eigenvalue weighted by Gasteiger charge is 2.07. The van der Waals surface area contributed by atoms with Crippen LogP contribution in [0, 0.1) is 5.21 Å². The summed E-state index contributed by atoms with van der Waals surface area (Å²) in [6.45, 7) is 2.89. The van der Waals surface area contributed by atoms with Gasteiger partial charge in [-0.2, -0.15) is 5.01 Å². The molecule has 0 bridgehead atoms. The van der Waals surface area contributed by atoms with Gasteiger partial charge in [0.15, 0.2) is 0 Å². The fourth-order valence-electron chi connectivity index (χ4n) is 0.683. The van der Waals surface area contributed by atoms with Crippen LogP contribution in [0.3, 0.4) is 0 Å². The summed E-state index contributed by atoms with van der Waals surface area (Å²) in [6, 6.07) is 0. The van der Waals surface area contributed by atoms with Crippen molar-refractivity contribution >= 4 is 0 Å². The third-order valence-electron chi connectivity index (χ3n) is 1.19. The summed E-state index contributed by atoms with van der Waals surface area (Å²) in [5, 5.41) is 11.7. The predicted molar refractivity (Wildman–Crippen MR) is 27.7 cm³/mol. The molecule has 0 spiro atoms. The average Bonchev–Trinajstić information content (AvgIpc) is 1.90. The van der Waals surface area contributed by atoms with Crippen LogP contribution in [0.1, 0.15) is 0 Å². The van der Waals surface area contributed by atoms with Gasteiger partial charge in [0.1, 0.15) is 0 Å². The van der Waals surface area contributed by atoms with Crippen molar-refractivity contribution in [3.63, 3.8) is 0 Å². The van der Waals surface area contributed by atoms with Crippen molar-refractivity contribution in [2.45, 2.75) is 0 Å². The van der Waals surface area contributed by atoms with Crippen LogP contribution in [-0.4, -0.2) is 31.3 Å². The highest BCUT2D eigenvalue weighted by atomic mass is 16.5. The molecule has 1 heterocycles. The summed E-state index contributed by atoms with van der Waals surface area (Å²) in [5.41, 5.74) is 0.864. The average molecular weight is 118 g/mol. The zero-order valence-corrected chi connectivity index (χ0v) is 4.67. The van der Waals surface area contributed by atoms with Crippen LogP contribution >= 0.6 is 0 Å². The van der Waals surface area contributed by atoms with Crippen molar-refractivity contribution in [3.8, 4) is 0 Å². The molecule has 1 aliphatic heterocycles. The van der Waals surface area contributed by atoms with Crippen LogP contribution in [0.15, 0.2) is 0 Å². The molecular formula is C4H10N2O2. The summed E-state index contributed by atoms with van der Waals surface area (Å²) in [5.74, 6) is 0. The van der Waals surface area contributed by atoms with E-state index in [-0.39, 0.29) is 0 Å². The second-order valence-electron chi connectivity index (χ2n) is 1.75. The van der Waals surface area contributed by atoms with Gasteiger partial charge < -0.3 is 15.5 Å². The van der Waals surface area contributed by atoms with Crippen molar-refractivity contribution in [2.75, 3.05) is 26.3 Å². The Bertz CT molecular complexity index is 63.1. The molecule has 1 aliphatic rings. The van der Waals surface area contributed by atoms with Gasteiger partial charge >= 0.3 is 0 Å². The van der Waals surface area contributed by atoms with Crippen LogP contribution in [0.5, 0.6) is 0 Å². The molecule has 0 aromatic rings. The van der Waals surface area contributed by atoms with Gasteiger partial charge in [-0.1, -0.05) is 0 Å². The zero-order valence-electron chi connectivity index (χ0n) is 4.67. The van der Waals surface area contributed by atoms with Gasteiger partial charge in [0, 0.05) is 0 Å². The Morgan fingerprint density at radius 2 is 2.00 bits per heavy atom. The highest BCUT2D eigenvalue weighted by molar-refractivity contribution is 4.48. The summed E-state index contributed by atoms with van der Waals surface area (Å²) in [7, 11) is 0. The Morgan fingerprint density at radius 1 is 1.38 bits per heavy atom. The molecule has 1 fully saturated rings. The summed E-state index contributed by atoms with van der Waals surface area (Å²) in [6.07, 6.45) is 0. The number of morpholine rings is 1. The van der Waals surface area contributed by atoms with E-state index in [1.165, 1.54) is 0 Å². The highest BCUT2D eigenvalue weighted by Crippen LogP contribution is 1.86. The molecule has 0 radical (unpaired) electrons. The van der Waals surface area contributed by atoms with Gasteiger partial charge in [-0.15, -0.1) is 0 Å². The third kappa shape index (κ3) is 1.41. The quantitative estimate of drug-likeness (QED) is 0.329. The number of nitrogens with two attached hydrogens (primary N) is 1. The molecule has 0 aromatic heterocycles. The van der Waals surface area contributed by atoms with Gasteiger partial charge in [-0.3, -0.25) is 0 Å². The minimum atomic E-state index is 0.693. The van der Waals surface area contributed by atoms with Gasteiger partial charge in [-0.05, 0) is 0 Å². The monoisotopic (exact) mass is 118 g/mol. The molecule has 1 saturated heterocycles. The zero-order chi connectivity index (χ0) is 5.82. The SMILES string of the molecule is [O-][NH2+]N1CCOCC1. The van der Waals surface area contributed by atoms with E-state index >= 15 is 0 Å². The predicted octanol–water partition coefficient (Wildman–Crippen LogP) is -1.71. The molecule has 4 nitrogen and oxygen atoms in total. The molecule has 0 aliphatic carbocycles. The second kappa shape index (κ2) is 2.99. The largest absolute Gasteiger partial charge is 0.614 e. The first-order chi connectivity index (χ1) is 3.93. The van der Waals surface area contributed by atoms with E-state index in [0.717, 1.165) is 18.7 Å². The number of rotatable bonds is 1. The lowest BCUT2D eigenvalue weighted by atomic mass is 10.5. The number of nitrogens with zero attached hydrogens (tertiary/aromatic N) is 1. The molecule has 8 heavy (non-hydrogen) atoms. The number of hydrogen-bond acceptors (Lipinski definition) is 3. The summed E-state index contributed by atoms with van der Waals surface area (Å²) >= 11 is 0. The van der Waals surface area contributed by atoms with Gasteiger partial charge in [0.05, 0.1) is 26.3 Å². The fourth-order valence-corrected chi connectivity index (χ4v) is 0.683. The first-order valence-corrected chi connectivity index (χ1v) is 2.70. The summed E-state index contributed by atoms with van der Waals surface area (Å²) < 4.78 is 5.00. The minimum absolute atomic E-state index is 0.693. The van der Waals surface area contributed by atoms with Crippen LogP contribution in [0.25, 0.3) is 0 Å². The van der Waals surface area contributed by atoms with Crippen LogP contribution in [0.4, 0.5) is 0 Å². The van der Waals surface area contributed by atoms with Gasteiger partial charge in [0.25, 0.3) is 0 Å². The number of quaternary nitrogens is 1. The standard InChI is InChI=1S/C4H10N2O2/c7-5-6-1-3-8-4-2-6/h1-5H2. The Balaban J connectivity index is 2.13. The molecule has 4 heteroatoms. The number of ether oxygens (including phenoxy) is 1. The van der Waals surface area contributed by atoms with E-state index in [9.17, 15) is 5.21 Å². The van der Waals surface area contributed by atoms with Crippen LogP contribution in [0.2, 0.25) is 0 Å². The lowest BCUT2D eigenvalue weighted by Gasteiger charge is -2.24. The van der Waals surface area contributed by atoms with Crippen molar-refractivity contribution in [3.05, 3.63) is 5.21 Å². The Labute approximate surface area is 48.0 Å². The summed E-state index contributed by atoms with van der Waals surface area (Å²) in [4.78, 5) is 0. The molecule has 0 saturated carbocycles. The van der Waals surface area contributed by atoms with E-state index in [1.54, 1.807) is 5.01 Å². The number of hydrogen-bond donors (Lipinski definition) is 1. The van der Waals surface area contributed by atoms with E-state index in [4.69, 9.17) is 4.74 Å². The first kappa shape index (κ1) is 5.97. The maximum absolute atomic E-state index is 10.0. The fraction of sp³-hybridized carbons (Fsp3) is 1.00. The van der Waals surface area contributed by atoms with E-state index in [1.807, 2.05) is 0 Å². The van der Waals surface area contributed by atoms with E-state index in [0.29, 0.717) is 13.2 Å². The third-order valence-corrected chi connectivity index (χ3v) is 1.19. The van der Waals surface area contributed by atoms with Crippen molar-refractivity contribution in [1.82, 2.24) is 5.01 Å².